The van der Waals surface area contributed by atoms with Crippen molar-refractivity contribution < 1.29 is 14.4 Å². The minimum absolute atomic E-state index is 0.0392. The average Bonchev–Trinajstić information content (AvgIpc) is 2.58. The van der Waals surface area contributed by atoms with Crippen LogP contribution in [0, 0.1) is 0 Å². The van der Waals surface area contributed by atoms with E-state index in [1.807, 2.05) is 0 Å². The van der Waals surface area contributed by atoms with Crippen molar-refractivity contribution in [1.29, 1.82) is 0 Å². The molecule has 0 aromatic rings. The molecule has 6 heteroatoms. The maximum absolute atomic E-state index is 11.1. The fourth-order valence-corrected chi connectivity index (χ4v) is 1.05. The van der Waals surface area contributed by atoms with Crippen molar-refractivity contribution in [3.05, 3.63) is 0 Å². The number of likely N-dealkylation sites (tertiary alicyclic amines) is 1. The Balaban J connectivity index is 2.20. The van der Waals surface area contributed by atoms with E-state index < -0.39 is 0 Å². The molecule has 1 N–H and O–H groups in total. The summed E-state index contributed by atoms with van der Waals surface area (Å²) in [7, 11) is 1.51. The van der Waals surface area contributed by atoms with Crippen LogP contribution in [0.5, 0.6) is 0 Å². The topological polar surface area (TPSA) is 71.0 Å². The van der Waals surface area contributed by atoms with Gasteiger partial charge in [0.25, 0.3) is 5.91 Å². The molecule has 78 valence electrons. The molecule has 0 spiro atoms. The summed E-state index contributed by atoms with van der Waals surface area (Å²) >= 11 is 0. The Labute approximate surface area is 81.9 Å². The summed E-state index contributed by atoms with van der Waals surface area (Å²) in [6.07, 6.45) is 2.72. The van der Waals surface area contributed by atoms with E-state index in [0.717, 1.165) is 6.42 Å². The van der Waals surface area contributed by atoms with Gasteiger partial charge in [-0.25, -0.2) is 0 Å². The Morgan fingerprint density at radius 3 is 3.14 bits per heavy atom. The molecule has 0 aliphatic carbocycles. The highest BCUT2D eigenvalue weighted by atomic mass is 16.6. The SMILES string of the molecule is CNC(=O)CON=CN1CCCC1=O. The third kappa shape index (κ3) is 3.04. The van der Waals surface area contributed by atoms with Gasteiger partial charge in [0, 0.05) is 20.0 Å². The molecule has 14 heavy (non-hydrogen) atoms. The van der Waals surface area contributed by atoms with E-state index in [1.54, 1.807) is 0 Å². The number of oxime groups is 1. The monoisotopic (exact) mass is 199 g/mol. The van der Waals surface area contributed by atoms with Crippen molar-refractivity contribution >= 4 is 18.2 Å². The molecule has 1 heterocycles. The Hall–Kier alpha value is -1.59. The second-order valence-corrected chi connectivity index (χ2v) is 2.86. The molecule has 6 nitrogen and oxygen atoms in total. The molecule has 1 aliphatic rings. The van der Waals surface area contributed by atoms with Gasteiger partial charge in [0.1, 0.15) is 6.34 Å². The zero-order valence-electron chi connectivity index (χ0n) is 8.02. The number of rotatable bonds is 4. The summed E-state index contributed by atoms with van der Waals surface area (Å²) in [5.74, 6) is -0.216. The Morgan fingerprint density at radius 2 is 2.57 bits per heavy atom. The first-order valence-electron chi connectivity index (χ1n) is 4.39. The van der Waals surface area contributed by atoms with Gasteiger partial charge in [-0.15, -0.1) is 0 Å². The highest BCUT2D eigenvalue weighted by Gasteiger charge is 2.17. The molecule has 0 atom stereocenters. The van der Waals surface area contributed by atoms with Crippen LogP contribution in [0.1, 0.15) is 12.8 Å². The number of carbonyl (C=O) groups excluding carboxylic acids is 2. The molecular formula is C8H13N3O3. The lowest BCUT2D eigenvalue weighted by molar-refractivity contribution is -0.125. The van der Waals surface area contributed by atoms with Crippen LogP contribution < -0.4 is 5.32 Å². The van der Waals surface area contributed by atoms with E-state index in [0.29, 0.717) is 13.0 Å². The number of likely N-dealkylation sites (N-methyl/N-ethyl adjacent to an activating group) is 1. The van der Waals surface area contributed by atoms with Crippen LogP contribution in [0.4, 0.5) is 0 Å². The van der Waals surface area contributed by atoms with Crippen molar-refractivity contribution in [3.8, 4) is 0 Å². The van der Waals surface area contributed by atoms with Crippen molar-refractivity contribution in [2.45, 2.75) is 12.8 Å². The Morgan fingerprint density at radius 1 is 1.79 bits per heavy atom. The van der Waals surface area contributed by atoms with E-state index in [4.69, 9.17) is 0 Å². The van der Waals surface area contributed by atoms with Gasteiger partial charge >= 0.3 is 0 Å². The number of hydrogen-bond acceptors (Lipinski definition) is 4. The number of nitrogens with zero attached hydrogens (tertiary/aromatic N) is 2. The van der Waals surface area contributed by atoms with E-state index in [2.05, 4.69) is 15.3 Å². The van der Waals surface area contributed by atoms with E-state index >= 15 is 0 Å². The van der Waals surface area contributed by atoms with E-state index in [9.17, 15) is 9.59 Å². The quantitative estimate of drug-likeness (QED) is 0.370. The second-order valence-electron chi connectivity index (χ2n) is 2.86. The van der Waals surface area contributed by atoms with Gasteiger partial charge < -0.3 is 15.1 Å². The van der Waals surface area contributed by atoms with Crippen molar-refractivity contribution in [1.82, 2.24) is 10.2 Å². The van der Waals surface area contributed by atoms with Gasteiger partial charge in [0.05, 0.1) is 0 Å². The Kier molecular flexibility index (Phi) is 3.90. The van der Waals surface area contributed by atoms with Crippen LogP contribution in [-0.4, -0.2) is 43.3 Å². The smallest absolute Gasteiger partial charge is 0.260 e. The molecule has 0 saturated carbocycles. The summed E-state index contributed by atoms with van der Waals surface area (Å²) in [5, 5.41) is 5.89. The number of hydrogen-bond donors (Lipinski definition) is 1. The lowest BCUT2D eigenvalue weighted by Crippen LogP contribution is -2.24. The molecule has 0 radical (unpaired) electrons. The fraction of sp³-hybridized carbons (Fsp3) is 0.625. The number of amides is 2. The molecule has 1 aliphatic heterocycles. The minimum Gasteiger partial charge on any atom is -0.384 e. The third-order valence-electron chi connectivity index (χ3n) is 1.85. The first kappa shape index (κ1) is 10.5. The molecule has 1 rings (SSSR count). The van der Waals surface area contributed by atoms with Crippen LogP contribution in [-0.2, 0) is 14.4 Å². The summed E-state index contributed by atoms with van der Waals surface area (Å²) in [6, 6.07) is 0. The highest BCUT2D eigenvalue weighted by Crippen LogP contribution is 2.06. The molecule has 0 aromatic carbocycles. The van der Waals surface area contributed by atoms with Crippen LogP contribution in [0.25, 0.3) is 0 Å². The highest BCUT2D eigenvalue weighted by molar-refractivity contribution is 5.89. The average molecular weight is 199 g/mol. The summed E-state index contributed by atoms with van der Waals surface area (Å²) in [6.45, 7) is 0.542. The predicted octanol–water partition coefficient (Wildman–Crippen LogP) is -0.685. The van der Waals surface area contributed by atoms with Gasteiger partial charge in [-0.1, -0.05) is 5.16 Å². The van der Waals surface area contributed by atoms with Crippen molar-refractivity contribution in [3.63, 3.8) is 0 Å². The molecule has 0 unspecified atom stereocenters. The van der Waals surface area contributed by atoms with Gasteiger partial charge in [0.2, 0.25) is 5.91 Å². The fourth-order valence-electron chi connectivity index (χ4n) is 1.05. The first-order valence-corrected chi connectivity index (χ1v) is 4.39. The minimum atomic E-state index is -0.255. The van der Waals surface area contributed by atoms with Crippen molar-refractivity contribution in [2.75, 3.05) is 20.2 Å². The molecule has 1 saturated heterocycles. The van der Waals surface area contributed by atoms with Crippen molar-refractivity contribution in [2.24, 2.45) is 5.16 Å². The molecule has 2 amide bonds. The second kappa shape index (κ2) is 5.21. The van der Waals surface area contributed by atoms with Crippen LogP contribution in [0.3, 0.4) is 0 Å². The van der Waals surface area contributed by atoms with Crippen LogP contribution >= 0.6 is 0 Å². The van der Waals surface area contributed by atoms with Crippen LogP contribution in [0.15, 0.2) is 5.16 Å². The maximum Gasteiger partial charge on any atom is 0.260 e. The normalized spacial score (nSPS) is 16.4. The zero-order valence-corrected chi connectivity index (χ0v) is 8.02. The van der Waals surface area contributed by atoms with E-state index in [1.165, 1.54) is 18.3 Å². The van der Waals surface area contributed by atoms with Gasteiger partial charge in [-0.2, -0.15) is 0 Å². The lowest BCUT2D eigenvalue weighted by atomic mass is 10.4. The lowest BCUT2D eigenvalue weighted by Gasteiger charge is -2.06. The summed E-state index contributed by atoms with van der Waals surface area (Å²) in [5.41, 5.74) is 0. The first-order chi connectivity index (χ1) is 6.74. The zero-order chi connectivity index (χ0) is 10.4. The van der Waals surface area contributed by atoms with Gasteiger partial charge in [-0.05, 0) is 6.42 Å². The third-order valence-corrected chi connectivity index (χ3v) is 1.85. The maximum atomic E-state index is 11.1. The molecular weight excluding hydrogens is 186 g/mol. The van der Waals surface area contributed by atoms with Gasteiger partial charge in [-0.3, -0.25) is 9.59 Å². The predicted molar refractivity (Wildman–Crippen MR) is 49.5 cm³/mol. The summed E-state index contributed by atoms with van der Waals surface area (Å²) in [4.78, 5) is 27.9. The Bertz CT molecular complexity index is 252. The summed E-state index contributed by atoms with van der Waals surface area (Å²) < 4.78 is 0. The largest absolute Gasteiger partial charge is 0.384 e. The number of carbonyl (C=O) groups is 2. The van der Waals surface area contributed by atoms with Gasteiger partial charge in [0.15, 0.2) is 6.61 Å². The molecule has 1 fully saturated rings. The molecule has 0 aromatic heterocycles. The van der Waals surface area contributed by atoms with E-state index in [-0.39, 0.29) is 18.4 Å². The number of nitrogens with one attached hydrogen (secondary N) is 1. The van der Waals surface area contributed by atoms with Crippen LogP contribution in [0.2, 0.25) is 0 Å². The standard InChI is InChI=1S/C8H13N3O3/c1-9-7(12)5-14-10-6-11-4-2-3-8(11)13/h6H,2-5H2,1H3,(H,9,12). The molecule has 0 bridgehead atoms.